The second kappa shape index (κ2) is 13.0. The van der Waals surface area contributed by atoms with Crippen LogP contribution in [-0.2, 0) is 27.8 Å². The third-order valence-corrected chi connectivity index (χ3v) is 9.13. The summed E-state index contributed by atoms with van der Waals surface area (Å²) in [7, 11) is -0.824. The first-order chi connectivity index (χ1) is 19.3. The van der Waals surface area contributed by atoms with Crippen molar-refractivity contribution in [3.05, 3.63) is 90.4 Å². The summed E-state index contributed by atoms with van der Waals surface area (Å²) in [5, 5.41) is 1.46. The van der Waals surface area contributed by atoms with Crippen LogP contribution in [0.4, 0.5) is 0 Å². The number of sulfonamides is 1. The molecule has 1 atom stereocenters. The van der Waals surface area contributed by atoms with E-state index in [9.17, 15) is 13.2 Å². The highest BCUT2D eigenvalue weighted by molar-refractivity contribution is 7.89. The summed E-state index contributed by atoms with van der Waals surface area (Å²) in [5.74, 6) is 1.54. The molecule has 9 heteroatoms. The molecular weight excluding hydrogens is 528 g/mol. The van der Waals surface area contributed by atoms with Crippen LogP contribution in [0.25, 0.3) is 10.8 Å². The molecule has 4 rings (SSSR count). The fourth-order valence-electron chi connectivity index (χ4n) is 4.64. The summed E-state index contributed by atoms with van der Waals surface area (Å²) in [6.45, 7) is 4.04. The molecule has 0 aliphatic heterocycles. The second-order valence-electron chi connectivity index (χ2n) is 9.62. The topological polar surface area (TPSA) is 89.3 Å². The van der Waals surface area contributed by atoms with Gasteiger partial charge in [-0.1, -0.05) is 49.4 Å². The summed E-state index contributed by atoms with van der Waals surface area (Å²) in [5.41, 5.74) is 0.956. The van der Waals surface area contributed by atoms with Crippen molar-refractivity contribution in [2.75, 3.05) is 27.3 Å². The Morgan fingerprint density at radius 2 is 1.70 bits per heavy atom. The highest BCUT2D eigenvalue weighted by atomic mass is 32.2. The number of furan rings is 1. The number of hydrogen-bond donors (Lipinski definition) is 0. The predicted molar refractivity (Wildman–Crippen MR) is 155 cm³/mol. The van der Waals surface area contributed by atoms with Crippen LogP contribution in [-0.4, -0.2) is 56.9 Å². The van der Waals surface area contributed by atoms with Crippen LogP contribution in [0.1, 0.15) is 31.6 Å². The first-order valence-electron chi connectivity index (χ1n) is 13.3. The van der Waals surface area contributed by atoms with E-state index in [0.29, 0.717) is 42.0 Å². The number of carbonyl (C=O) groups is 1. The van der Waals surface area contributed by atoms with E-state index in [2.05, 4.69) is 0 Å². The van der Waals surface area contributed by atoms with Crippen molar-refractivity contribution in [3.63, 3.8) is 0 Å². The Kier molecular flexibility index (Phi) is 9.50. The molecule has 0 spiro atoms. The predicted octanol–water partition coefficient (Wildman–Crippen LogP) is 5.51. The lowest BCUT2D eigenvalue weighted by molar-refractivity contribution is -0.132. The summed E-state index contributed by atoms with van der Waals surface area (Å²) in [6, 6.07) is 21.4. The van der Waals surface area contributed by atoms with Crippen LogP contribution >= 0.6 is 0 Å². The highest BCUT2D eigenvalue weighted by Crippen LogP contribution is 2.29. The van der Waals surface area contributed by atoms with Gasteiger partial charge in [-0.15, -0.1) is 0 Å². The lowest BCUT2D eigenvalue weighted by Gasteiger charge is -2.30. The Labute approximate surface area is 236 Å². The number of carbonyl (C=O) groups excluding carboxylic acids is 1. The van der Waals surface area contributed by atoms with E-state index in [0.717, 1.165) is 10.9 Å². The van der Waals surface area contributed by atoms with Crippen LogP contribution in [0, 0.1) is 0 Å². The van der Waals surface area contributed by atoms with Crippen molar-refractivity contribution in [1.29, 1.82) is 0 Å². The number of hydrogen-bond acceptors (Lipinski definition) is 6. The van der Waals surface area contributed by atoms with E-state index >= 15 is 0 Å². The molecule has 0 unspecified atom stereocenters. The molecule has 0 saturated heterocycles. The Balaban J connectivity index is 1.62. The number of fused-ring (bicyclic) bond motifs is 1. The van der Waals surface area contributed by atoms with Gasteiger partial charge in [0.2, 0.25) is 15.9 Å². The van der Waals surface area contributed by atoms with E-state index in [1.807, 2.05) is 56.3 Å². The van der Waals surface area contributed by atoms with Gasteiger partial charge in [-0.2, -0.15) is 4.31 Å². The van der Waals surface area contributed by atoms with Gasteiger partial charge in [-0.3, -0.25) is 4.79 Å². The number of benzene rings is 3. The van der Waals surface area contributed by atoms with E-state index < -0.39 is 10.0 Å². The normalized spacial score (nSPS) is 12.4. The van der Waals surface area contributed by atoms with Crippen LogP contribution in [0.3, 0.4) is 0 Å². The van der Waals surface area contributed by atoms with Gasteiger partial charge in [0.05, 0.1) is 38.5 Å². The number of ether oxygens (including phenoxy) is 2. The molecule has 4 aromatic rings. The molecule has 3 aromatic carbocycles. The fraction of sp³-hybridized carbons (Fsp3) is 0.323. The largest absolute Gasteiger partial charge is 0.493 e. The van der Waals surface area contributed by atoms with Gasteiger partial charge >= 0.3 is 0 Å². The molecule has 0 aliphatic carbocycles. The lowest BCUT2D eigenvalue weighted by Crippen LogP contribution is -2.46. The zero-order valence-corrected chi connectivity index (χ0v) is 24.2. The second-order valence-corrected chi connectivity index (χ2v) is 11.5. The van der Waals surface area contributed by atoms with Gasteiger partial charge < -0.3 is 18.8 Å². The van der Waals surface area contributed by atoms with Crippen molar-refractivity contribution in [1.82, 2.24) is 9.21 Å². The van der Waals surface area contributed by atoms with E-state index in [1.54, 1.807) is 55.7 Å². The van der Waals surface area contributed by atoms with E-state index in [1.165, 1.54) is 4.31 Å². The summed E-state index contributed by atoms with van der Waals surface area (Å²) in [6.07, 6.45) is 2.65. The minimum Gasteiger partial charge on any atom is -0.493 e. The number of nitrogens with zero attached hydrogens (tertiary/aromatic N) is 2. The average molecular weight is 565 g/mol. The Bertz CT molecular complexity index is 1530. The van der Waals surface area contributed by atoms with Gasteiger partial charge in [0.25, 0.3) is 0 Å². The molecule has 8 nitrogen and oxygen atoms in total. The van der Waals surface area contributed by atoms with Gasteiger partial charge in [0, 0.05) is 18.0 Å². The molecule has 0 radical (unpaired) electrons. The molecule has 0 fully saturated rings. The number of amides is 1. The van der Waals surface area contributed by atoms with Crippen LogP contribution in [0.5, 0.6) is 11.5 Å². The number of methoxy groups -OCH3 is 2. The smallest absolute Gasteiger partial charge is 0.244 e. The maximum absolute atomic E-state index is 14.0. The molecule has 0 saturated carbocycles. The zero-order valence-electron chi connectivity index (χ0n) is 23.4. The summed E-state index contributed by atoms with van der Waals surface area (Å²) in [4.78, 5) is 15.7. The first-order valence-corrected chi connectivity index (χ1v) is 14.7. The Hall–Kier alpha value is -3.82. The third kappa shape index (κ3) is 6.48. The van der Waals surface area contributed by atoms with Crippen molar-refractivity contribution in [2.45, 2.75) is 44.2 Å². The lowest BCUT2D eigenvalue weighted by atomic mass is 10.1. The standard InChI is InChI=1S/C31H36N2O6S/c1-5-23(2)33(40(35,36)30-14-8-11-25-10-6-7-13-27(25)30)22-31(34)32(21-26-12-9-19-39-26)18-17-24-15-16-28(37-3)29(20-24)38-4/h6-16,19-20,23H,5,17-18,21-22H2,1-4H3/t23-/m1/s1. The molecule has 0 bridgehead atoms. The van der Waals surface area contributed by atoms with Crippen molar-refractivity contribution in [2.24, 2.45) is 0 Å². The van der Waals surface area contributed by atoms with Crippen LogP contribution in [0.2, 0.25) is 0 Å². The molecule has 0 N–H and O–H groups in total. The summed E-state index contributed by atoms with van der Waals surface area (Å²) >= 11 is 0. The third-order valence-electron chi connectivity index (χ3n) is 7.11. The van der Waals surface area contributed by atoms with Gasteiger partial charge in [-0.25, -0.2) is 8.42 Å². The van der Waals surface area contributed by atoms with Crippen LogP contribution < -0.4 is 9.47 Å². The molecule has 0 aliphatic rings. The molecule has 1 amide bonds. The number of rotatable bonds is 13. The quantitative estimate of drug-likeness (QED) is 0.213. The first kappa shape index (κ1) is 29.2. The van der Waals surface area contributed by atoms with Crippen molar-refractivity contribution < 1.29 is 27.1 Å². The minimum absolute atomic E-state index is 0.196. The minimum atomic E-state index is -3.98. The Morgan fingerprint density at radius 1 is 0.950 bits per heavy atom. The van der Waals surface area contributed by atoms with Crippen molar-refractivity contribution >= 4 is 26.7 Å². The molecular formula is C31H36N2O6S. The van der Waals surface area contributed by atoms with Gasteiger partial charge in [0.1, 0.15) is 5.76 Å². The van der Waals surface area contributed by atoms with Gasteiger partial charge in [0.15, 0.2) is 11.5 Å². The highest BCUT2D eigenvalue weighted by Gasteiger charge is 2.33. The van der Waals surface area contributed by atoms with Gasteiger partial charge in [-0.05, 0) is 61.0 Å². The average Bonchev–Trinajstić information content (AvgIpc) is 3.50. The monoisotopic (exact) mass is 564 g/mol. The maximum Gasteiger partial charge on any atom is 0.244 e. The van der Waals surface area contributed by atoms with E-state index in [4.69, 9.17) is 13.9 Å². The molecule has 40 heavy (non-hydrogen) atoms. The maximum atomic E-state index is 14.0. The molecule has 1 aromatic heterocycles. The summed E-state index contributed by atoms with van der Waals surface area (Å²) < 4.78 is 45.7. The molecule has 1 heterocycles. The fourth-order valence-corrected chi connectivity index (χ4v) is 6.51. The zero-order chi connectivity index (χ0) is 28.7. The molecule has 212 valence electrons. The van der Waals surface area contributed by atoms with Crippen LogP contribution in [0.15, 0.2) is 88.4 Å². The van der Waals surface area contributed by atoms with Crippen molar-refractivity contribution in [3.8, 4) is 11.5 Å². The van der Waals surface area contributed by atoms with E-state index in [-0.39, 0.29) is 29.9 Å². The SMILES string of the molecule is CC[C@@H](C)N(CC(=O)N(CCc1ccc(OC)c(OC)c1)Cc1ccco1)S(=O)(=O)c1cccc2ccccc12. The Morgan fingerprint density at radius 3 is 2.40 bits per heavy atom.